The van der Waals surface area contributed by atoms with Crippen LogP contribution in [0.25, 0.3) is 0 Å². The summed E-state index contributed by atoms with van der Waals surface area (Å²) in [7, 11) is 1.45. The zero-order valence-electron chi connectivity index (χ0n) is 9.01. The van der Waals surface area contributed by atoms with Crippen LogP contribution in [0.4, 0.5) is 14.9 Å². The van der Waals surface area contributed by atoms with E-state index >= 15 is 0 Å². The van der Waals surface area contributed by atoms with Crippen LogP contribution >= 0.6 is 11.6 Å². The molecule has 92 valence electrons. The van der Waals surface area contributed by atoms with E-state index in [-0.39, 0.29) is 23.2 Å². The predicted octanol–water partition coefficient (Wildman–Crippen LogP) is 1.35. The van der Waals surface area contributed by atoms with E-state index in [0.29, 0.717) is 0 Å². The summed E-state index contributed by atoms with van der Waals surface area (Å²) in [5.74, 6) is -0.996. The topological polar surface area (TPSA) is 70.2 Å². The highest BCUT2D eigenvalue weighted by Gasteiger charge is 2.07. The molecule has 17 heavy (non-hydrogen) atoms. The van der Waals surface area contributed by atoms with Crippen LogP contribution in [0.1, 0.15) is 0 Å². The normalized spacial score (nSPS) is 9.59. The van der Waals surface area contributed by atoms with Crippen molar-refractivity contribution < 1.29 is 14.0 Å². The minimum atomic E-state index is -0.671. The molecule has 0 atom stereocenters. The fourth-order valence-electron chi connectivity index (χ4n) is 1.01. The van der Waals surface area contributed by atoms with Gasteiger partial charge >= 0.3 is 6.03 Å². The van der Waals surface area contributed by atoms with Crippen molar-refractivity contribution in [2.45, 2.75) is 0 Å². The minimum Gasteiger partial charge on any atom is -0.358 e. The van der Waals surface area contributed by atoms with Crippen LogP contribution < -0.4 is 16.0 Å². The van der Waals surface area contributed by atoms with E-state index < -0.39 is 11.8 Å². The number of nitrogens with one attached hydrogen (secondary N) is 3. The zero-order chi connectivity index (χ0) is 12.8. The van der Waals surface area contributed by atoms with Crippen LogP contribution in [0, 0.1) is 5.82 Å². The summed E-state index contributed by atoms with van der Waals surface area (Å²) < 4.78 is 13.3. The Hall–Kier alpha value is -1.82. The van der Waals surface area contributed by atoms with Gasteiger partial charge in [0.15, 0.2) is 0 Å². The smallest absolute Gasteiger partial charge is 0.319 e. The van der Waals surface area contributed by atoms with E-state index in [0.717, 1.165) is 6.07 Å². The molecule has 7 heteroatoms. The number of likely N-dealkylation sites (N-methyl/N-ethyl adjacent to an activating group) is 1. The number of carbonyl (C=O) groups is 2. The molecule has 0 saturated carbocycles. The zero-order valence-corrected chi connectivity index (χ0v) is 9.77. The Morgan fingerprint density at radius 1 is 1.41 bits per heavy atom. The van der Waals surface area contributed by atoms with Crippen LogP contribution in [0.5, 0.6) is 0 Å². The van der Waals surface area contributed by atoms with Gasteiger partial charge in [0, 0.05) is 12.1 Å². The van der Waals surface area contributed by atoms with Crippen molar-refractivity contribution in [2.24, 2.45) is 0 Å². The first kappa shape index (κ1) is 13.2. The SMILES string of the molecule is CNC(=O)CNC(=O)Nc1ccc(Cl)cc1F. The second-order valence-electron chi connectivity index (χ2n) is 3.11. The van der Waals surface area contributed by atoms with Crippen molar-refractivity contribution in [3.05, 3.63) is 29.0 Å². The predicted molar refractivity (Wildman–Crippen MR) is 62.5 cm³/mol. The number of benzene rings is 1. The molecule has 3 amide bonds. The largest absolute Gasteiger partial charge is 0.358 e. The molecule has 0 aliphatic rings. The molecule has 0 fully saturated rings. The molecule has 0 radical (unpaired) electrons. The maximum absolute atomic E-state index is 13.3. The van der Waals surface area contributed by atoms with E-state index in [1.165, 1.54) is 19.2 Å². The van der Waals surface area contributed by atoms with Gasteiger partial charge in [-0.3, -0.25) is 4.79 Å². The second kappa shape index (κ2) is 6.05. The Kier molecular flexibility index (Phi) is 4.71. The third kappa shape index (κ3) is 4.28. The van der Waals surface area contributed by atoms with E-state index in [2.05, 4.69) is 16.0 Å². The number of halogens is 2. The van der Waals surface area contributed by atoms with Gasteiger partial charge in [-0.1, -0.05) is 11.6 Å². The van der Waals surface area contributed by atoms with E-state index in [4.69, 9.17) is 11.6 Å². The van der Waals surface area contributed by atoms with Crippen molar-refractivity contribution in [1.82, 2.24) is 10.6 Å². The number of rotatable bonds is 3. The summed E-state index contributed by atoms with van der Waals surface area (Å²) >= 11 is 5.55. The molecular formula is C10H11ClFN3O2. The standard InChI is InChI=1S/C10H11ClFN3O2/c1-13-9(16)5-14-10(17)15-8-3-2-6(11)4-7(8)12/h2-4H,5H2,1H3,(H,13,16)(H2,14,15,17). The molecule has 0 bridgehead atoms. The van der Waals surface area contributed by atoms with Crippen LogP contribution in [-0.4, -0.2) is 25.5 Å². The summed E-state index contributed by atoms with van der Waals surface area (Å²) in [5, 5.41) is 7.08. The highest BCUT2D eigenvalue weighted by molar-refractivity contribution is 6.30. The molecular weight excluding hydrogens is 249 g/mol. The van der Waals surface area contributed by atoms with Gasteiger partial charge in [0.25, 0.3) is 0 Å². The van der Waals surface area contributed by atoms with Gasteiger partial charge in [-0.05, 0) is 18.2 Å². The third-order valence-electron chi connectivity index (χ3n) is 1.87. The summed E-state index contributed by atoms with van der Waals surface area (Å²) in [6.07, 6.45) is 0. The molecule has 0 unspecified atom stereocenters. The van der Waals surface area contributed by atoms with Crippen LogP contribution in [0.3, 0.4) is 0 Å². The Labute approximate surface area is 102 Å². The van der Waals surface area contributed by atoms with Crippen LogP contribution in [0.15, 0.2) is 18.2 Å². The van der Waals surface area contributed by atoms with Gasteiger partial charge < -0.3 is 16.0 Å². The number of amides is 3. The van der Waals surface area contributed by atoms with Crippen molar-refractivity contribution in [2.75, 3.05) is 18.9 Å². The van der Waals surface area contributed by atoms with E-state index in [1.807, 2.05) is 0 Å². The highest BCUT2D eigenvalue weighted by Crippen LogP contribution is 2.18. The first-order valence-electron chi connectivity index (χ1n) is 4.73. The molecule has 0 heterocycles. The molecule has 3 N–H and O–H groups in total. The fourth-order valence-corrected chi connectivity index (χ4v) is 1.17. The number of carbonyl (C=O) groups excluding carboxylic acids is 2. The Bertz CT molecular complexity index is 440. The maximum Gasteiger partial charge on any atom is 0.319 e. The van der Waals surface area contributed by atoms with Gasteiger partial charge in [0.05, 0.1) is 12.2 Å². The van der Waals surface area contributed by atoms with Crippen molar-refractivity contribution >= 4 is 29.2 Å². The van der Waals surface area contributed by atoms with Crippen molar-refractivity contribution in [3.8, 4) is 0 Å². The second-order valence-corrected chi connectivity index (χ2v) is 3.54. The van der Waals surface area contributed by atoms with Gasteiger partial charge in [-0.2, -0.15) is 0 Å². The fraction of sp³-hybridized carbons (Fsp3) is 0.200. The lowest BCUT2D eigenvalue weighted by atomic mass is 10.3. The molecule has 5 nitrogen and oxygen atoms in total. The number of hydrogen-bond acceptors (Lipinski definition) is 2. The first-order valence-corrected chi connectivity index (χ1v) is 5.11. The van der Waals surface area contributed by atoms with E-state index in [9.17, 15) is 14.0 Å². The first-order chi connectivity index (χ1) is 8.02. The van der Waals surface area contributed by atoms with Gasteiger partial charge in [-0.25, -0.2) is 9.18 Å². The quantitative estimate of drug-likeness (QED) is 0.767. The summed E-state index contributed by atoms with van der Waals surface area (Å²) in [5.41, 5.74) is -0.0104. The van der Waals surface area contributed by atoms with Crippen LogP contribution in [-0.2, 0) is 4.79 Å². The minimum absolute atomic E-state index is 0.0104. The number of hydrogen-bond donors (Lipinski definition) is 3. The average molecular weight is 260 g/mol. The van der Waals surface area contributed by atoms with Gasteiger partial charge in [0.2, 0.25) is 5.91 Å². The molecule has 1 aromatic carbocycles. The molecule has 0 aliphatic carbocycles. The average Bonchev–Trinajstić information content (AvgIpc) is 2.29. The summed E-state index contributed by atoms with van der Waals surface area (Å²) in [4.78, 5) is 22.1. The van der Waals surface area contributed by atoms with Crippen LogP contribution in [0.2, 0.25) is 5.02 Å². The Morgan fingerprint density at radius 2 is 2.12 bits per heavy atom. The molecule has 0 aliphatic heterocycles. The lowest BCUT2D eigenvalue weighted by Gasteiger charge is -2.07. The van der Waals surface area contributed by atoms with Crippen molar-refractivity contribution in [1.29, 1.82) is 0 Å². The Balaban J connectivity index is 2.53. The van der Waals surface area contributed by atoms with E-state index in [1.54, 1.807) is 0 Å². The summed E-state index contributed by atoms with van der Waals surface area (Å²) in [6, 6.07) is 3.18. The van der Waals surface area contributed by atoms with Gasteiger partial charge in [0.1, 0.15) is 5.82 Å². The number of urea groups is 1. The molecule has 1 aromatic rings. The molecule has 0 aromatic heterocycles. The van der Waals surface area contributed by atoms with Gasteiger partial charge in [-0.15, -0.1) is 0 Å². The lowest BCUT2D eigenvalue weighted by Crippen LogP contribution is -2.37. The Morgan fingerprint density at radius 3 is 2.71 bits per heavy atom. The molecule has 0 spiro atoms. The lowest BCUT2D eigenvalue weighted by molar-refractivity contribution is -0.119. The maximum atomic E-state index is 13.3. The third-order valence-corrected chi connectivity index (χ3v) is 2.10. The molecule has 0 saturated heterocycles. The number of anilines is 1. The monoisotopic (exact) mass is 259 g/mol. The summed E-state index contributed by atoms with van der Waals surface area (Å²) in [6.45, 7) is -0.183. The van der Waals surface area contributed by atoms with Crippen molar-refractivity contribution in [3.63, 3.8) is 0 Å². The molecule has 1 rings (SSSR count). The highest BCUT2D eigenvalue weighted by atomic mass is 35.5.